The number of likely N-dealkylation sites (tertiary alicyclic amines) is 2. The van der Waals surface area contributed by atoms with Gasteiger partial charge in [-0.3, -0.25) is 9.79 Å². The van der Waals surface area contributed by atoms with E-state index in [1.807, 2.05) is 7.05 Å². The highest BCUT2D eigenvalue weighted by Gasteiger charge is 2.23. The Balaban J connectivity index is 1.66. The maximum Gasteiger partial charge on any atom is 0.220 e. The minimum atomic E-state index is 0.161. The van der Waals surface area contributed by atoms with Gasteiger partial charge in [-0.2, -0.15) is 0 Å². The summed E-state index contributed by atoms with van der Waals surface area (Å²) in [6.45, 7) is 5.47. The molecule has 0 atom stereocenters. The molecule has 2 aliphatic rings. The number of hydrogen-bond donors (Lipinski definition) is 2. The van der Waals surface area contributed by atoms with Crippen molar-refractivity contribution in [2.24, 2.45) is 16.8 Å². The van der Waals surface area contributed by atoms with Crippen LogP contribution in [0.2, 0.25) is 0 Å². The van der Waals surface area contributed by atoms with Crippen LogP contribution in [0.4, 0.5) is 0 Å². The fraction of sp³-hybridized carbons (Fsp3) is 0.889. The number of nitrogens with one attached hydrogen (secondary N) is 2. The fourth-order valence-corrected chi connectivity index (χ4v) is 3.78. The highest BCUT2D eigenvalue weighted by atomic mass is 16.1. The molecule has 0 spiro atoms. The van der Waals surface area contributed by atoms with E-state index < -0.39 is 0 Å². The number of nitrogens with zero attached hydrogens (tertiary/aromatic N) is 3. The van der Waals surface area contributed by atoms with Crippen molar-refractivity contribution in [3.05, 3.63) is 0 Å². The van der Waals surface area contributed by atoms with Crippen molar-refractivity contribution < 1.29 is 4.79 Å². The summed E-state index contributed by atoms with van der Waals surface area (Å²) in [5.74, 6) is 2.55. The summed E-state index contributed by atoms with van der Waals surface area (Å²) in [5, 5.41) is 6.28. The summed E-state index contributed by atoms with van der Waals surface area (Å²) in [7, 11) is 5.80. The zero-order valence-corrected chi connectivity index (χ0v) is 15.7. The number of amides is 1. The molecular weight excluding hydrogens is 302 g/mol. The third-order valence-corrected chi connectivity index (χ3v) is 5.55. The van der Waals surface area contributed by atoms with Gasteiger partial charge in [-0.05, 0) is 64.1 Å². The topological polar surface area (TPSA) is 60.0 Å². The fourth-order valence-electron chi connectivity index (χ4n) is 3.78. The van der Waals surface area contributed by atoms with E-state index in [4.69, 9.17) is 0 Å². The predicted octanol–water partition coefficient (Wildman–Crippen LogP) is 1.14. The SMILES string of the molecule is CN=C(NCCC1CCN(C)CC1)N1CCC(CC(=O)NC)CC1. The van der Waals surface area contributed by atoms with Gasteiger partial charge in [0.1, 0.15) is 0 Å². The van der Waals surface area contributed by atoms with Crippen LogP contribution in [0, 0.1) is 11.8 Å². The summed E-state index contributed by atoms with van der Waals surface area (Å²) >= 11 is 0. The van der Waals surface area contributed by atoms with Crippen LogP contribution >= 0.6 is 0 Å². The molecule has 0 aromatic rings. The van der Waals surface area contributed by atoms with Crippen molar-refractivity contribution in [1.82, 2.24) is 20.4 Å². The Kier molecular flexibility index (Phi) is 7.82. The van der Waals surface area contributed by atoms with E-state index in [0.29, 0.717) is 12.3 Å². The number of piperidine rings is 2. The molecular formula is C18H35N5O. The van der Waals surface area contributed by atoms with E-state index in [2.05, 4.69) is 32.5 Å². The average molecular weight is 338 g/mol. The number of guanidine groups is 1. The van der Waals surface area contributed by atoms with E-state index in [0.717, 1.165) is 44.4 Å². The van der Waals surface area contributed by atoms with Crippen molar-refractivity contribution >= 4 is 11.9 Å². The van der Waals surface area contributed by atoms with Gasteiger partial charge < -0.3 is 20.4 Å². The lowest BCUT2D eigenvalue weighted by Crippen LogP contribution is -2.46. The maximum absolute atomic E-state index is 11.5. The second kappa shape index (κ2) is 9.87. The van der Waals surface area contributed by atoms with Crippen LogP contribution in [0.25, 0.3) is 0 Å². The molecule has 2 aliphatic heterocycles. The smallest absolute Gasteiger partial charge is 0.220 e. The second-order valence-electron chi connectivity index (χ2n) is 7.32. The summed E-state index contributed by atoms with van der Waals surface area (Å²) in [5.41, 5.74) is 0. The number of aliphatic imine (C=N–C) groups is 1. The minimum Gasteiger partial charge on any atom is -0.359 e. The van der Waals surface area contributed by atoms with E-state index in [1.54, 1.807) is 7.05 Å². The Labute approximate surface area is 147 Å². The molecule has 24 heavy (non-hydrogen) atoms. The summed E-state index contributed by atoms with van der Waals surface area (Å²) < 4.78 is 0. The first-order valence-corrected chi connectivity index (χ1v) is 9.47. The summed E-state index contributed by atoms with van der Waals surface area (Å²) in [6.07, 6.45) is 6.68. The van der Waals surface area contributed by atoms with Crippen LogP contribution in [-0.4, -0.2) is 75.5 Å². The third-order valence-electron chi connectivity index (χ3n) is 5.55. The minimum absolute atomic E-state index is 0.161. The van der Waals surface area contributed by atoms with Crippen molar-refractivity contribution in [2.45, 2.75) is 38.5 Å². The van der Waals surface area contributed by atoms with Crippen molar-refractivity contribution in [1.29, 1.82) is 0 Å². The number of carbonyl (C=O) groups is 1. The van der Waals surface area contributed by atoms with Gasteiger partial charge in [0.2, 0.25) is 5.91 Å². The average Bonchev–Trinajstić information content (AvgIpc) is 2.61. The molecule has 0 aromatic carbocycles. The van der Waals surface area contributed by atoms with Crippen LogP contribution in [-0.2, 0) is 4.79 Å². The molecule has 0 aliphatic carbocycles. The van der Waals surface area contributed by atoms with Crippen molar-refractivity contribution in [3.8, 4) is 0 Å². The highest BCUT2D eigenvalue weighted by molar-refractivity contribution is 5.80. The molecule has 0 unspecified atom stereocenters. The largest absolute Gasteiger partial charge is 0.359 e. The van der Waals surface area contributed by atoms with Crippen LogP contribution in [0.5, 0.6) is 0 Å². The summed E-state index contributed by atoms with van der Waals surface area (Å²) in [4.78, 5) is 20.7. The van der Waals surface area contributed by atoms with Gasteiger partial charge in [0, 0.05) is 40.2 Å². The van der Waals surface area contributed by atoms with Crippen molar-refractivity contribution in [3.63, 3.8) is 0 Å². The molecule has 0 radical (unpaired) electrons. The number of carbonyl (C=O) groups excluding carboxylic acids is 1. The summed E-state index contributed by atoms with van der Waals surface area (Å²) in [6, 6.07) is 0. The Morgan fingerprint density at radius 3 is 2.29 bits per heavy atom. The third kappa shape index (κ3) is 5.96. The van der Waals surface area contributed by atoms with E-state index in [-0.39, 0.29) is 5.91 Å². The molecule has 138 valence electrons. The first-order chi connectivity index (χ1) is 11.6. The van der Waals surface area contributed by atoms with Gasteiger partial charge in [-0.1, -0.05) is 0 Å². The van der Waals surface area contributed by atoms with Crippen LogP contribution in [0.15, 0.2) is 4.99 Å². The lowest BCUT2D eigenvalue weighted by atomic mass is 9.93. The Hall–Kier alpha value is -1.30. The number of rotatable bonds is 5. The standard InChI is InChI=1S/C18H35N5O/c1-19-17(24)14-16-7-12-23(13-8-16)18(20-2)21-9-4-15-5-10-22(3)11-6-15/h15-16H,4-14H2,1-3H3,(H,19,24)(H,20,21). The number of hydrogen-bond acceptors (Lipinski definition) is 3. The molecule has 0 saturated carbocycles. The van der Waals surface area contributed by atoms with Crippen molar-refractivity contribution in [2.75, 3.05) is 53.9 Å². The van der Waals surface area contributed by atoms with E-state index >= 15 is 0 Å². The quantitative estimate of drug-likeness (QED) is 0.583. The molecule has 2 heterocycles. The monoisotopic (exact) mass is 337 g/mol. The maximum atomic E-state index is 11.5. The molecule has 0 aromatic heterocycles. The Morgan fingerprint density at radius 1 is 1.08 bits per heavy atom. The Bertz CT molecular complexity index is 410. The molecule has 6 heteroatoms. The second-order valence-corrected chi connectivity index (χ2v) is 7.32. The first-order valence-electron chi connectivity index (χ1n) is 9.47. The van der Waals surface area contributed by atoms with Gasteiger partial charge in [0.25, 0.3) is 0 Å². The van der Waals surface area contributed by atoms with Gasteiger partial charge in [-0.15, -0.1) is 0 Å². The van der Waals surface area contributed by atoms with Crippen LogP contribution < -0.4 is 10.6 Å². The van der Waals surface area contributed by atoms with Gasteiger partial charge in [0.15, 0.2) is 5.96 Å². The molecule has 2 N–H and O–H groups in total. The van der Waals surface area contributed by atoms with Crippen LogP contribution in [0.1, 0.15) is 38.5 Å². The lowest BCUT2D eigenvalue weighted by molar-refractivity contribution is -0.121. The molecule has 2 rings (SSSR count). The van der Waals surface area contributed by atoms with E-state index in [1.165, 1.54) is 32.4 Å². The highest BCUT2D eigenvalue weighted by Crippen LogP contribution is 2.21. The van der Waals surface area contributed by atoms with Gasteiger partial charge >= 0.3 is 0 Å². The molecule has 1 amide bonds. The predicted molar refractivity (Wildman–Crippen MR) is 99.2 cm³/mol. The van der Waals surface area contributed by atoms with Crippen LogP contribution in [0.3, 0.4) is 0 Å². The molecule has 0 bridgehead atoms. The zero-order valence-electron chi connectivity index (χ0n) is 15.7. The normalized spacial score (nSPS) is 21.8. The van der Waals surface area contributed by atoms with Gasteiger partial charge in [0.05, 0.1) is 0 Å². The first kappa shape index (κ1) is 19.0. The zero-order chi connectivity index (χ0) is 17.4. The van der Waals surface area contributed by atoms with Gasteiger partial charge in [-0.25, -0.2) is 0 Å². The molecule has 6 nitrogen and oxygen atoms in total. The lowest BCUT2D eigenvalue weighted by Gasteiger charge is -2.34. The molecule has 2 saturated heterocycles. The molecule has 2 fully saturated rings. The Morgan fingerprint density at radius 2 is 1.71 bits per heavy atom. The van der Waals surface area contributed by atoms with E-state index in [9.17, 15) is 4.79 Å².